The fourth-order valence-corrected chi connectivity index (χ4v) is 7.31. The van der Waals surface area contributed by atoms with Crippen LogP contribution in [0.3, 0.4) is 0 Å². The lowest BCUT2D eigenvalue weighted by molar-refractivity contribution is 0.623. The summed E-state index contributed by atoms with van der Waals surface area (Å²) in [6, 6.07) is 54.4. The SMILES string of the molecule is c1ccc(-c2nc3ccc4ccc5ccc(-c6ccc(-c7ccc8c9c(cccc79)-c7ccccc7-8)cc6)cc5c4c3o2)cc1. The van der Waals surface area contributed by atoms with E-state index in [1.54, 1.807) is 0 Å². The third kappa shape index (κ3) is 3.60. The minimum atomic E-state index is 0.647. The van der Waals surface area contributed by atoms with Crippen molar-refractivity contribution in [2.24, 2.45) is 0 Å². The third-order valence-corrected chi connectivity index (χ3v) is 9.45. The van der Waals surface area contributed by atoms with Gasteiger partial charge in [0.15, 0.2) is 5.58 Å². The van der Waals surface area contributed by atoms with Gasteiger partial charge >= 0.3 is 0 Å². The Kier molecular flexibility index (Phi) is 5.03. The lowest BCUT2D eigenvalue weighted by Gasteiger charge is -2.11. The molecule has 0 unspecified atom stereocenters. The maximum absolute atomic E-state index is 6.45. The molecule has 1 heterocycles. The normalized spacial score (nSPS) is 12.0. The van der Waals surface area contributed by atoms with Crippen molar-refractivity contribution in [2.75, 3.05) is 0 Å². The number of benzene rings is 8. The van der Waals surface area contributed by atoms with Crippen molar-refractivity contribution in [3.05, 3.63) is 152 Å². The van der Waals surface area contributed by atoms with Crippen LogP contribution in [-0.4, -0.2) is 4.98 Å². The monoisotopic (exact) mass is 571 g/mol. The quantitative estimate of drug-likeness (QED) is 0.197. The van der Waals surface area contributed by atoms with E-state index in [0.717, 1.165) is 27.4 Å². The first-order chi connectivity index (χ1) is 22.3. The molecule has 0 fully saturated rings. The minimum Gasteiger partial charge on any atom is -0.435 e. The molecule has 0 amide bonds. The molecular weight excluding hydrogens is 546 g/mol. The number of oxazole rings is 1. The summed E-state index contributed by atoms with van der Waals surface area (Å²) in [5.41, 5.74) is 12.9. The van der Waals surface area contributed by atoms with Crippen molar-refractivity contribution in [3.8, 4) is 56.0 Å². The summed E-state index contributed by atoms with van der Waals surface area (Å²) in [6.07, 6.45) is 0. The molecule has 2 nitrogen and oxygen atoms in total. The van der Waals surface area contributed by atoms with E-state index in [-0.39, 0.29) is 0 Å². The van der Waals surface area contributed by atoms with Crippen LogP contribution in [0.2, 0.25) is 0 Å². The predicted octanol–water partition coefficient (Wildman–Crippen LogP) is 11.9. The molecule has 0 atom stereocenters. The van der Waals surface area contributed by atoms with E-state index in [1.807, 2.05) is 30.3 Å². The van der Waals surface area contributed by atoms with Gasteiger partial charge in [0.1, 0.15) is 5.52 Å². The lowest BCUT2D eigenvalue weighted by Crippen LogP contribution is -1.85. The van der Waals surface area contributed by atoms with E-state index in [0.29, 0.717) is 5.89 Å². The van der Waals surface area contributed by atoms with Crippen molar-refractivity contribution < 1.29 is 4.42 Å². The Morgan fingerprint density at radius 2 is 1.02 bits per heavy atom. The highest BCUT2D eigenvalue weighted by molar-refractivity contribution is 6.20. The van der Waals surface area contributed by atoms with Crippen LogP contribution in [0.25, 0.3) is 99.4 Å². The molecule has 1 aromatic heterocycles. The van der Waals surface area contributed by atoms with Gasteiger partial charge in [-0.1, -0.05) is 127 Å². The summed E-state index contributed by atoms with van der Waals surface area (Å²) < 4.78 is 6.45. The van der Waals surface area contributed by atoms with E-state index >= 15 is 0 Å². The number of rotatable bonds is 3. The third-order valence-electron chi connectivity index (χ3n) is 9.45. The van der Waals surface area contributed by atoms with Gasteiger partial charge in [0, 0.05) is 10.9 Å². The van der Waals surface area contributed by atoms with Gasteiger partial charge in [0.25, 0.3) is 0 Å². The summed E-state index contributed by atoms with van der Waals surface area (Å²) in [6.45, 7) is 0. The molecule has 9 aromatic rings. The molecule has 45 heavy (non-hydrogen) atoms. The van der Waals surface area contributed by atoms with E-state index in [2.05, 4.69) is 121 Å². The van der Waals surface area contributed by atoms with Gasteiger partial charge in [-0.05, 0) is 95.7 Å². The first kappa shape index (κ1) is 24.5. The summed E-state index contributed by atoms with van der Waals surface area (Å²) in [7, 11) is 0. The molecule has 2 heteroatoms. The summed E-state index contributed by atoms with van der Waals surface area (Å²) in [5.74, 6) is 0.647. The van der Waals surface area contributed by atoms with Crippen molar-refractivity contribution in [3.63, 3.8) is 0 Å². The second-order valence-corrected chi connectivity index (χ2v) is 11.9. The molecular formula is C43H25NO. The van der Waals surface area contributed by atoms with Gasteiger partial charge in [-0.25, -0.2) is 4.98 Å². The van der Waals surface area contributed by atoms with Gasteiger partial charge in [0.05, 0.1) is 0 Å². The summed E-state index contributed by atoms with van der Waals surface area (Å²) >= 11 is 0. The Balaban J connectivity index is 1.09. The highest BCUT2D eigenvalue weighted by atomic mass is 16.3. The fourth-order valence-electron chi connectivity index (χ4n) is 7.31. The second kappa shape index (κ2) is 9.25. The summed E-state index contributed by atoms with van der Waals surface area (Å²) in [5, 5.41) is 7.26. The first-order valence-corrected chi connectivity index (χ1v) is 15.4. The first-order valence-electron chi connectivity index (χ1n) is 15.4. The van der Waals surface area contributed by atoms with Crippen LogP contribution >= 0.6 is 0 Å². The van der Waals surface area contributed by atoms with Gasteiger partial charge in [-0.2, -0.15) is 0 Å². The van der Waals surface area contributed by atoms with E-state index < -0.39 is 0 Å². The zero-order valence-corrected chi connectivity index (χ0v) is 24.3. The zero-order valence-electron chi connectivity index (χ0n) is 24.3. The maximum atomic E-state index is 6.45. The van der Waals surface area contributed by atoms with Crippen LogP contribution in [-0.2, 0) is 0 Å². The van der Waals surface area contributed by atoms with Crippen LogP contribution in [0, 0.1) is 0 Å². The molecule has 10 rings (SSSR count). The number of hydrogen-bond acceptors (Lipinski definition) is 2. The van der Waals surface area contributed by atoms with Gasteiger partial charge in [0.2, 0.25) is 5.89 Å². The molecule has 0 spiro atoms. The highest BCUT2D eigenvalue weighted by Crippen LogP contribution is 2.49. The molecule has 1 aliphatic carbocycles. The molecule has 0 radical (unpaired) electrons. The highest BCUT2D eigenvalue weighted by Gasteiger charge is 2.22. The Labute approximate surface area is 259 Å². The van der Waals surface area contributed by atoms with Crippen LogP contribution in [0.15, 0.2) is 156 Å². The van der Waals surface area contributed by atoms with Crippen LogP contribution in [0.1, 0.15) is 0 Å². The largest absolute Gasteiger partial charge is 0.435 e. The standard InChI is InChI=1S/C43H25NO/c1-2-7-30(8-3-1)43-44-39-24-21-29-19-17-28-18-20-31(25-38(28)40(29)42(39)45-43)26-13-15-27(16-14-26)32-22-23-37-34-10-5-4-9-33(34)36-12-6-11-35(32)41(36)37/h1-25H. The maximum Gasteiger partial charge on any atom is 0.227 e. The number of nitrogens with zero attached hydrogens (tertiary/aromatic N) is 1. The van der Waals surface area contributed by atoms with Crippen molar-refractivity contribution in [1.82, 2.24) is 4.98 Å². The second-order valence-electron chi connectivity index (χ2n) is 11.9. The van der Waals surface area contributed by atoms with Gasteiger partial charge in [-0.15, -0.1) is 0 Å². The van der Waals surface area contributed by atoms with Crippen LogP contribution in [0.4, 0.5) is 0 Å². The Morgan fingerprint density at radius 3 is 1.87 bits per heavy atom. The zero-order chi connectivity index (χ0) is 29.5. The topological polar surface area (TPSA) is 26.0 Å². The van der Waals surface area contributed by atoms with Gasteiger partial charge in [-0.3, -0.25) is 0 Å². The Bertz CT molecular complexity index is 2600. The smallest absolute Gasteiger partial charge is 0.227 e. The lowest BCUT2D eigenvalue weighted by atomic mass is 9.92. The number of hydrogen-bond donors (Lipinski definition) is 0. The molecule has 208 valence electrons. The van der Waals surface area contributed by atoms with Crippen LogP contribution in [0.5, 0.6) is 0 Å². The summed E-state index contributed by atoms with van der Waals surface area (Å²) in [4.78, 5) is 4.84. The van der Waals surface area contributed by atoms with E-state index in [4.69, 9.17) is 9.40 Å². The molecule has 0 saturated carbocycles. The molecule has 0 bridgehead atoms. The molecule has 0 saturated heterocycles. The van der Waals surface area contributed by atoms with E-state index in [1.165, 1.54) is 66.1 Å². The fraction of sp³-hybridized carbons (Fsp3) is 0. The number of fused-ring (bicyclic) bond motifs is 8. The minimum absolute atomic E-state index is 0.647. The van der Waals surface area contributed by atoms with Gasteiger partial charge < -0.3 is 4.42 Å². The van der Waals surface area contributed by atoms with Crippen molar-refractivity contribution in [1.29, 1.82) is 0 Å². The molecule has 1 aliphatic rings. The average Bonchev–Trinajstić information content (AvgIpc) is 3.69. The Morgan fingerprint density at radius 1 is 0.378 bits per heavy atom. The van der Waals surface area contributed by atoms with Crippen molar-refractivity contribution in [2.45, 2.75) is 0 Å². The van der Waals surface area contributed by atoms with Crippen LogP contribution < -0.4 is 0 Å². The molecule has 8 aromatic carbocycles. The predicted molar refractivity (Wildman–Crippen MR) is 187 cm³/mol. The average molecular weight is 572 g/mol. The molecule has 0 aliphatic heterocycles. The van der Waals surface area contributed by atoms with Crippen molar-refractivity contribution >= 4 is 43.4 Å². The molecule has 0 N–H and O–H groups in total. The Hall–Kier alpha value is -5.99. The number of aromatic nitrogens is 1. The van der Waals surface area contributed by atoms with E-state index in [9.17, 15) is 0 Å².